The zero-order chi connectivity index (χ0) is 17.4. The molecule has 4 rings (SSSR count). The largest absolute Gasteiger partial charge is 0.313 e. The zero-order valence-corrected chi connectivity index (χ0v) is 17.2. The summed E-state index contributed by atoms with van der Waals surface area (Å²) in [6, 6.07) is 8.66. The van der Waals surface area contributed by atoms with Crippen molar-refractivity contribution in [3.8, 4) is 11.3 Å². The molecule has 0 fully saturated rings. The van der Waals surface area contributed by atoms with Crippen molar-refractivity contribution >= 4 is 46.9 Å². The molecule has 0 radical (unpaired) electrons. The Morgan fingerprint density at radius 3 is 2.88 bits per heavy atom. The van der Waals surface area contributed by atoms with Crippen molar-refractivity contribution in [3.05, 3.63) is 53.5 Å². The summed E-state index contributed by atoms with van der Waals surface area (Å²) in [5.41, 5.74) is 8.38. The number of hydrogen-bond donors (Lipinski definition) is 1. The highest BCUT2D eigenvalue weighted by Crippen LogP contribution is 2.37. The SMILES string of the molecule is Cc1cccc(-c2ncnc3c2cc(C2=CCNCC2)n3SI)c1C. The molecule has 1 aromatic carbocycles. The predicted molar refractivity (Wildman–Crippen MR) is 115 cm³/mol. The summed E-state index contributed by atoms with van der Waals surface area (Å²) in [5, 5.41) is 4.50. The van der Waals surface area contributed by atoms with Crippen LogP contribution in [0.15, 0.2) is 36.7 Å². The minimum atomic E-state index is 0.929. The number of nitrogens with zero attached hydrogens (tertiary/aromatic N) is 3. The Labute approximate surface area is 163 Å². The highest BCUT2D eigenvalue weighted by molar-refractivity contribution is 14.2. The number of rotatable bonds is 3. The molecule has 3 heterocycles. The maximum Gasteiger partial charge on any atom is 0.155 e. The number of halogens is 1. The van der Waals surface area contributed by atoms with Gasteiger partial charge in [-0.15, -0.1) is 0 Å². The Hall–Kier alpha value is -1.38. The van der Waals surface area contributed by atoms with E-state index in [1.807, 2.05) is 0 Å². The Morgan fingerprint density at radius 2 is 2.12 bits per heavy atom. The monoisotopic (exact) mass is 462 g/mol. The van der Waals surface area contributed by atoms with E-state index in [0.717, 1.165) is 36.2 Å². The zero-order valence-electron chi connectivity index (χ0n) is 14.2. The quantitative estimate of drug-likeness (QED) is 0.561. The summed E-state index contributed by atoms with van der Waals surface area (Å²) in [7, 11) is 1.67. The molecule has 128 valence electrons. The van der Waals surface area contributed by atoms with Crippen molar-refractivity contribution in [2.75, 3.05) is 13.1 Å². The van der Waals surface area contributed by atoms with Crippen LogP contribution in [0.4, 0.5) is 0 Å². The molecule has 0 unspecified atom stereocenters. The van der Waals surface area contributed by atoms with Crippen LogP contribution >= 0.6 is 30.3 Å². The lowest BCUT2D eigenvalue weighted by Gasteiger charge is -2.14. The summed E-state index contributed by atoms with van der Waals surface area (Å²) >= 11 is 2.33. The first-order valence-electron chi connectivity index (χ1n) is 8.33. The molecule has 1 aliphatic rings. The average molecular weight is 462 g/mol. The number of benzene rings is 1. The number of hydrogen-bond acceptors (Lipinski definition) is 4. The van der Waals surface area contributed by atoms with Crippen molar-refractivity contribution in [2.24, 2.45) is 0 Å². The molecule has 0 spiro atoms. The lowest BCUT2D eigenvalue weighted by molar-refractivity contribution is 0.737. The molecule has 0 aliphatic carbocycles. The van der Waals surface area contributed by atoms with Crippen molar-refractivity contribution in [1.82, 2.24) is 19.3 Å². The second-order valence-electron chi connectivity index (χ2n) is 6.28. The number of aryl methyl sites for hydroxylation is 1. The van der Waals surface area contributed by atoms with Gasteiger partial charge in [0, 0.05) is 47.8 Å². The summed E-state index contributed by atoms with van der Waals surface area (Å²) in [6.07, 6.45) is 5.01. The van der Waals surface area contributed by atoms with Crippen molar-refractivity contribution in [2.45, 2.75) is 20.3 Å². The van der Waals surface area contributed by atoms with Crippen LogP contribution in [0.2, 0.25) is 0 Å². The van der Waals surface area contributed by atoms with Gasteiger partial charge in [-0.3, -0.25) is 3.97 Å². The lowest BCUT2D eigenvalue weighted by atomic mass is 9.99. The van der Waals surface area contributed by atoms with Crippen molar-refractivity contribution in [3.63, 3.8) is 0 Å². The van der Waals surface area contributed by atoms with Gasteiger partial charge in [-0.1, -0.05) is 24.3 Å². The van der Waals surface area contributed by atoms with E-state index in [1.54, 1.807) is 15.4 Å². The van der Waals surface area contributed by atoms with Gasteiger partial charge in [-0.25, -0.2) is 9.97 Å². The molecule has 4 nitrogen and oxygen atoms in total. The Morgan fingerprint density at radius 1 is 1.24 bits per heavy atom. The molecule has 2 aromatic heterocycles. The van der Waals surface area contributed by atoms with Gasteiger partial charge in [0.1, 0.15) is 6.33 Å². The first-order valence-corrected chi connectivity index (χ1v) is 11.6. The van der Waals surface area contributed by atoms with Crippen LogP contribution in [-0.4, -0.2) is 27.0 Å². The van der Waals surface area contributed by atoms with Crippen LogP contribution in [0.25, 0.3) is 27.9 Å². The van der Waals surface area contributed by atoms with Gasteiger partial charge in [0.25, 0.3) is 0 Å². The van der Waals surface area contributed by atoms with E-state index in [0.29, 0.717) is 0 Å². The van der Waals surface area contributed by atoms with Gasteiger partial charge in [0.05, 0.1) is 11.4 Å². The third-order valence-corrected chi connectivity index (χ3v) is 6.57. The molecule has 1 N–H and O–H groups in total. The summed E-state index contributed by atoms with van der Waals surface area (Å²) in [5.74, 6) is 0. The summed E-state index contributed by atoms with van der Waals surface area (Å²) in [4.78, 5) is 9.23. The van der Waals surface area contributed by atoms with Crippen LogP contribution in [0.5, 0.6) is 0 Å². The minimum Gasteiger partial charge on any atom is -0.313 e. The number of nitrogens with one attached hydrogen (secondary N) is 1. The van der Waals surface area contributed by atoms with Crippen LogP contribution in [0.3, 0.4) is 0 Å². The third-order valence-electron chi connectivity index (χ3n) is 4.88. The van der Waals surface area contributed by atoms with Gasteiger partial charge in [-0.2, -0.15) is 0 Å². The van der Waals surface area contributed by atoms with Gasteiger partial charge < -0.3 is 5.32 Å². The Balaban J connectivity index is 1.97. The van der Waals surface area contributed by atoms with Crippen molar-refractivity contribution in [1.29, 1.82) is 0 Å². The van der Waals surface area contributed by atoms with E-state index < -0.39 is 0 Å². The second kappa shape index (κ2) is 7.09. The molecule has 0 saturated carbocycles. The predicted octanol–water partition coefficient (Wildman–Crippen LogP) is 4.94. The maximum atomic E-state index is 4.64. The molecule has 1 aliphatic heterocycles. The van der Waals surface area contributed by atoms with Crippen LogP contribution in [0, 0.1) is 13.8 Å². The number of aromatic nitrogens is 3. The summed E-state index contributed by atoms with van der Waals surface area (Å²) < 4.78 is 2.23. The maximum absolute atomic E-state index is 4.64. The van der Waals surface area contributed by atoms with Crippen LogP contribution < -0.4 is 5.32 Å². The smallest absolute Gasteiger partial charge is 0.155 e. The fourth-order valence-electron chi connectivity index (χ4n) is 3.36. The van der Waals surface area contributed by atoms with Gasteiger partial charge in [-0.05, 0) is 49.6 Å². The normalized spacial score (nSPS) is 14.8. The minimum absolute atomic E-state index is 0.929. The topological polar surface area (TPSA) is 42.7 Å². The average Bonchev–Trinajstić information content (AvgIpc) is 3.03. The highest BCUT2D eigenvalue weighted by Gasteiger charge is 2.19. The lowest BCUT2D eigenvalue weighted by Crippen LogP contribution is -2.20. The van der Waals surface area contributed by atoms with E-state index in [2.05, 4.69) is 84.7 Å². The van der Waals surface area contributed by atoms with E-state index in [1.165, 1.54) is 28.0 Å². The van der Waals surface area contributed by atoms with E-state index >= 15 is 0 Å². The molecular weight excluding hydrogens is 443 g/mol. The highest BCUT2D eigenvalue weighted by atomic mass is 127. The Bertz CT molecular complexity index is 977. The molecule has 0 bridgehead atoms. The molecule has 25 heavy (non-hydrogen) atoms. The van der Waals surface area contributed by atoms with Crippen LogP contribution in [-0.2, 0) is 0 Å². The van der Waals surface area contributed by atoms with Crippen LogP contribution in [0.1, 0.15) is 23.2 Å². The van der Waals surface area contributed by atoms with Gasteiger partial charge in [0.15, 0.2) is 5.65 Å². The Kier molecular flexibility index (Phi) is 4.84. The van der Waals surface area contributed by atoms with Crippen molar-refractivity contribution < 1.29 is 0 Å². The number of fused-ring (bicyclic) bond motifs is 1. The standard InChI is InChI=1S/C19H19IN4S/c1-12-4-3-5-15(13(12)2)18-16-10-17(14-6-8-21-9-7-14)24(25-20)19(16)23-11-22-18/h3-6,10-11,21H,7-9H2,1-2H3. The van der Waals surface area contributed by atoms with Gasteiger partial charge >= 0.3 is 0 Å². The fourth-order valence-corrected chi connectivity index (χ4v) is 5.01. The molecule has 6 heteroatoms. The first-order chi connectivity index (χ1) is 12.2. The molecule has 3 aromatic rings. The fraction of sp³-hybridized carbons (Fsp3) is 0.263. The molecule has 0 atom stereocenters. The van der Waals surface area contributed by atoms with E-state index in [4.69, 9.17) is 0 Å². The molecule has 0 saturated heterocycles. The first kappa shape index (κ1) is 17.1. The van der Waals surface area contributed by atoms with E-state index in [-0.39, 0.29) is 0 Å². The third kappa shape index (κ3) is 3.00. The van der Waals surface area contributed by atoms with E-state index in [9.17, 15) is 0 Å². The van der Waals surface area contributed by atoms with Gasteiger partial charge in [0.2, 0.25) is 0 Å². The molecule has 0 amide bonds. The molecular formula is C19H19IN4S. The second-order valence-corrected chi connectivity index (χ2v) is 7.97. The summed E-state index contributed by atoms with van der Waals surface area (Å²) in [6.45, 7) is 6.26.